The van der Waals surface area contributed by atoms with E-state index in [0.29, 0.717) is 0 Å². The number of rotatable bonds is 2. The monoisotopic (exact) mass is 166 g/mol. The average Bonchev–Trinajstić information content (AvgIpc) is 2.15. The molecule has 1 rings (SSSR count). The molecule has 1 unspecified atom stereocenters. The van der Waals surface area contributed by atoms with Crippen LogP contribution in [0, 0.1) is 0 Å². The molecule has 3 nitrogen and oxygen atoms in total. The Balaban J connectivity index is 2.37. The minimum Gasteiger partial charge on any atom is -0.326 e. The average molecular weight is 166 g/mol. The van der Waals surface area contributed by atoms with Crippen molar-refractivity contribution in [3.8, 4) is 0 Å². The minimum absolute atomic E-state index is 0.863. The molecule has 0 aromatic heterocycles. The molecule has 1 aliphatic rings. The van der Waals surface area contributed by atoms with Gasteiger partial charge in [-0.25, -0.2) is 0 Å². The highest BCUT2D eigenvalue weighted by Crippen LogP contribution is 2.41. The first kappa shape index (κ1) is 7.09. The van der Waals surface area contributed by atoms with E-state index in [2.05, 4.69) is 3.97 Å². The highest BCUT2D eigenvalue weighted by Gasteiger charge is 2.00. The third kappa shape index (κ3) is 2.37. The molecule has 0 saturated carbocycles. The molecule has 1 atom stereocenters. The van der Waals surface area contributed by atoms with Crippen molar-refractivity contribution >= 4 is 19.4 Å². The summed E-state index contributed by atoms with van der Waals surface area (Å²) in [6.07, 6.45) is 3.60. The molecule has 52 valence electrons. The summed E-state index contributed by atoms with van der Waals surface area (Å²) in [6.45, 7) is 0. The van der Waals surface area contributed by atoms with Gasteiger partial charge in [-0.05, 0) is 10.8 Å². The van der Waals surface area contributed by atoms with E-state index in [0.717, 1.165) is 0 Å². The Morgan fingerprint density at radius 1 is 1.44 bits per heavy atom. The molecule has 0 aromatic carbocycles. The van der Waals surface area contributed by atoms with Crippen molar-refractivity contribution < 1.29 is 13.4 Å². The van der Waals surface area contributed by atoms with E-state index >= 15 is 0 Å². The fourth-order valence-electron chi connectivity index (χ4n) is 0.470. The molecule has 1 heterocycles. The van der Waals surface area contributed by atoms with Crippen molar-refractivity contribution in [3.05, 3.63) is 23.0 Å². The number of allylic oxidation sites excluding steroid dienone is 2. The summed E-state index contributed by atoms with van der Waals surface area (Å²) >= 11 is -0.863. The van der Waals surface area contributed by atoms with E-state index in [1.165, 1.54) is 0 Å². The van der Waals surface area contributed by atoms with Crippen LogP contribution in [-0.4, -0.2) is 4.89 Å². The molecule has 0 fully saturated rings. The largest absolute Gasteiger partial charge is 0.326 e. The zero-order valence-corrected chi connectivity index (χ0v) is 6.41. The molecular weight excluding hydrogens is 159 g/mol. The Labute approximate surface area is 56.5 Å². The number of thiol groups is 1. The highest BCUT2D eigenvalue weighted by atomic mass is 32.2. The van der Waals surface area contributed by atoms with Gasteiger partial charge in [0.2, 0.25) is 0 Å². The fraction of sp³-hybridized carbons (Fsp3) is 0. The van der Waals surface area contributed by atoms with Gasteiger partial charge in [-0.1, -0.05) is 23.3 Å². The molecule has 9 heavy (non-hydrogen) atoms. The maximum atomic E-state index is 10.1. The zero-order chi connectivity index (χ0) is 6.69. The van der Waals surface area contributed by atoms with Crippen LogP contribution in [0.5, 0.6) is 0 Å². The molecule has 0 spiro atoms. The minimum atomic E-state index is -2.74. The molecule has 0 aromatic rings. The summed E-state index contributed by atoms with van der Waals surface area (Å²) in [5.74, 6) is 0. The topological polar surface area (TPSA) is 46.5 Å². The Morgan fingerprint density at radius 3 is 2.44 bits per heavy atom. The van der Waals surface area contributed by atoms with Crippen molar-refractivity contribution in [1.82, 2.24) is 0 Å². The van der Waals surface area contributed by atoms with Crippen molar-refractivity contribution in [1.29, 1.82) is 0 Å². The summed E-state index contributed by atoms with van der Waals surface area (Å²) in [5, 5.41) is 3.54. The number of hydrogen-bond acceptors (Lipinski definition) is 2. The Bertz CT molecular complexity index is 165. The van der Waals surface area contributed by atoms with Crippen molar-refractivity contribution in [3.63, 3.8) is 0 Å². The fourth-order valence-corrected chi connectivity index (χ4v) is 2.32. The van der Waals surface area contributed by atoms with Crippen molar-refractivity contribution in [2.24, 2.45) is 0 Å². The van der Waals surface area contributed by atoms with Crippen LogP contribution in [0.1, 0.15) is 0 Å². The van der Waals surface area contributed by atoms with Crippen LogP contribution < -0.4 is 0 Å². The van der Waals surface area contributed by atoms with Crippen molar-refractivity contribution in [2.75, 3.05) is 0 Å². The molecule has 0 aliphatic carbocycles. The first-order valence-corrected chi connectivity index (χ1v) is 4.99. The second kappa shape index (κ2) is 3.22. The summed E-state index contributed by atoms with van der Waals surface area (Å²) in [6, 6.07) is 0. The highest BCUT2D eigenvalue weighted by molar-refractivity contribution is 8.19. The van der Waals surface area contributed by atoms with Gasteiger partial charge in [0.1, 0.15) is 0 Å². The van der Waals surface area contributed by atoms with Gasteiger partial charge in [-0.15, -0.1) is 0 Å². The van der Waals surface area contributed by atoms with Crippen LogP contribution >= 0.6 is 19.4 Å². The first-order chi connectivity index (χ1) is 4.29. The van der Waals surface area contributed by atoms with Gasteiger partial charge in [0.05, 0.1) is 0 Å². The molecule has 0 amide bonds. The van der Waals surface area contributed by atoms with Crippen LogP contribution in [0.4, 0.5) is 0 Å². The van der Waals surface area contributed by atoms with Crippen LogP contribution in [0.25, 0.3) is 0 Å². The van der Waals surface area contributed by atoms with Gasteiger partial charge in [0, 0.05) is 0 Å². The van der Waals surface area contributed by atoms with Gasteiger partial charge in [0.25, 0.3) is 0 Å². The SMILES string of the molecule is O=[PH](O)O[SH]1C=CC=C1. The molecular formula is C4H7O3PS. The predicted octanol–water partition coefficient (Wildman–Crippen LogP) is 1.34. The van der Waals surface area contributed by atoms with Gasteiger partial charge < -0.3 is 4.89 Å². The van der Waals surface area contributed by atoms with Crippen molar-refractivity contribution in [2.45, 2.75) is 0 Å². The lowest BCUT2D eigenvalue weighted by molar-refractivity contribution is 0.432. The second-order valence-electron chi connectivity index (χ2n) is 1.40. The van der Waals surface area contributed by atoms with E-state index in [1.54, 1.807) is 23.0 Å². The van der Waals surface area contributed by atoms with Crippen LogP contribution in [0.2, 0.25) is 0 Å². The standard InChI is InChI=1S/C4H7O3PS/c5-8(6)7-9-3-1-2-4-9/h1-4,8-9H,(H,5,6). The van der Waals surface area contributed by atoms with Crippen LogP contribution in [0.15, 0.2) is 23.0 Å². The second-order valence-corrected chi connectivity index (χ2v) is 3.98. The van der Waals surface area contributed by atoms with E-state index in [1.807, 2.05) is 0 Å². The smallest absolute Gasteiger partial charge is 0.326 e. The molecule has 5 heteroatoms. The lowest BCUT2D eigenvalue weighted by atomic mass is 10.6. The third-order valence-electron chi connectivity index (χ3n) is 0.761. The molecule has 1 aliphatic heterocycles. The molecule has 0 bridgehead atoms. The first-order valence-electron chi connectivity index (χ1n) is 2.33. The van der Waals surface area contributed by atoms with E-state index in [9.17, 15) is 4.57 Å². The summed E-state index contributed by atoms with van der Waals surface area (Å²) in [5.41, 5.74) is 0. The maximum Gasteiger partial charge on any atom is 0.326 e. The zero-order valence-electron chi connectivity index (χ0n) is 4.52. The summed E-state index contributed by atoms with van der Waals surface area (Å²) < 4.78 is 14.7. The molecule has 0 radical (unpaired) electrons. The Kier molecular flexibility index (Phi) is 2.54. The van der Waals surface area contributed by atoms with E-state index in [4.69, 9.17) is 4.89 Å². The Morgan fingerprint density at radius 2 is 2.00 bits per heavy atom. The lowest BCUT2D eigenvalue weighted by Crippen LogP contribution is -1.66. The molecule has 1 N–H and O–H groups in total. The molecule has 0 saturated heterocycles. The van der Waals surface area contributed by atoms with E-state index < -0.39 is 19.4 Å². The lowest BCUT2D eigenvalue weighted by Gasteiger charge is -2.05. The maximum absolute atomic E-state index is 10.1. The predicted molar refractivity (Wildman–Crippen MR) is 39.6 cm³/mol. The van der Waals surface area contributed by atoms with Gasteiger partial charge in [0.15, 0.2) is 0 Å². The Hall–Kier alpha value is -0.0200. The van der Waals surface area contributed by atoms with Crippen LogP contribution in [-0.2, 0) is 8.54 Å². The number of hydrogen-bond donors (Lipinski definition) is 2. The van der Waals surface area contributed by atoms with Gasteiger partial charge >= 0.3 is 8.25 Å². The van der Waals surface area contributed by atoms with Gasteiger partial charge in [-0.3, -0.25) is 8.54 Å². The van der Waals surface area contributed by atoms with E-state index in [-0.39, 0.29) is 0 Å². The van der Waals surface area contributed by atoms with Crippen LogP contribution in [0.3, 0.4) is 0 Å². The summed E-state index contributed by atoms with van der Waals surface area (Å²) in [4.78, 5) is 8.29. The quantitative estimate of drug-likeness (QED) is 0.480. The summed E-state index contributed by atoms with van der Waals surface area (Å²) in [7, 11) is -2.74. The normalized spacial score (nSPS) is 23.0. The van der Waals surface area contributed by atoms with Gasteiger partial charge in [-0.2, -0.15) is 0 Å². The third-order valence-corrected chi connectivity index (χ3v) is 3.16.